The van der Waals surface area contributed by atoms with E-state index >= 15 is 0 Å². The van der Waals surface area contributed by atoms with Crippen LogP contribution in [0.1, 0.15) is 5.69 Å². The molecule has 0 aliphatic carbocycles. The van der Waals surface area contributed by atoms with Crippen LogP contribution in [-0.2, 0) is 0 Å². The number of benzene rings is 1. The topological polar surface area (TPSA) is 47.9 Å². The van der Waals surface area contributed by atoms with E-state index in [0.29, 0.717) is 22.6 Å². The Labute approximate surface area is 127 Å². The normalized spacial score (nSPS) is 10.4. The van der Waals surface area contributed by atoms with Crippen molar-refractivity contribution in [3.8, 4) is 23.0 Å². The van der Waals surface area contributed by atoms with E-state index in [4.69, 9.17) is 16.3 Å². The van der Waals surface area contributed by atoms with Crippen molar-refractivity contribution < 1.29 is 4.74 Å². The van der Waals surface area contributed by atoms with Crippen LogP contribution in [-0.4, -0.2) is 15.0 Å². The summed E-state index contributed by atoms with van der Waals surface area (Å²) < 4.78 is 5.68. The minimum absolute atomic E-state index is 0.332. The first-order chi connectivity index (χ1) is 10.2. The van der Waals surface area contributed by atoms with Crippen LogP contribution in [0.25, 0.3) is 11.4 Å². The van der Waals surface area contributed by atoms with Crippen molar-refractivity contribution in [3.63, 3.8) is 0 Å². The first-order valence-electron chi connectivity index (χ1n) is 6.41. The summed E-state index contributed by atoms with van der Waals surface area (Å²) in [6, 6.07) is 14.9. The van der Waals surface area contributed by atoms with Gasteiger partial charge in [0.25, 0.3) is 0 Å². The second-order valence-electron chi connectivity index (χ2n) is 4.46. The Hall–Kier alpha value is -2.46. The van der Waals surface area contributed by atoms with Crippen LogP contribution >= 0.6 is 11.6 Å². The zero-order valence-corrected chi connectivity index (χ0v) is 12.1. The molecule has 104 valence electrons. The highest BCUT2D eigenvalue weighted by atomic mass is 35.5. The Morgan fingerprint density at radius 2 is 1.81 bits per heavy atom. The summed E-state index contributed by atoms with van der Waals surface area (Å²) in [5.41, 5.74) is 1.81. The van der Waals surface area contributed by atoms with Crippen molar-refractivity contribution >= 4 is 11.6 Å². The van der Waals surface area contributed by atoms with Crippen molar-refractivity contribution in [2.24, 2.45) is 0 Å². The van der Waals surface area contributed by atoms with Crippen molar-refractivity contribution in [2.75, 3.05) is 0 Å². The van der Waals surface area contributed by atoms with Gasteiger partial charge in [-0.25, -0.2) is 4.98 Å². The molecular weight excluding hydrogens is 286 g/mol. The third-order valence-corrected chi connectivity index (χ3v) is 3.00. The molecule has 0 aliphatic rings. The fourth-order valence-corrected chi connectivity index (χ4v) is 1.97. The molecule has 2 aromatic heterocycles. The first kappa shape index (κ1) is 13.5. The smallest absolute Gasteiger partial charge is 0.224 e. The lowest BCUT2D eigenvalue weighted by atomic mass is 10.2. The van der Waals surface area contributed by atoms with E-state index in [1.165, 1.54) is 0 Å². The van der Waals surface area contributed by atoms with Gasteiger partial charge in [0, 0.05) is 17.3 Å². The number of hydrogen-bond acceptors (Lipinski definition) is 4. The summed E-state index contributed by atoms with van der Waals surface area (Å²) in [7, 11) is 0. The minimum Gasteiger partial charge on any atom is -0.437 e. The van der Waals surface area contributed by atoms with Crippen molar-refractivity contribution in [3.05, 3.63) is 65.6 Å². The Morgan fingerprint density at radius 3 is 2.52 bits per heavy atom. The van der Waals surface area contributed by atoms with Gasteiger partial charge >= 0.3 is 0 Å². The summed E-state index contributed by atoms with van der Waals surface area (Å²) in [5.74, 6) is 1.52. The van der Waals surface area contributed by atoms with E-state index < -0.39 is 0 Å². The average molecular weight is 298 g/mol. The molecule has 0 unspecified atom stereocenters. The summed E-state index contributed by atoms with van der Waals surface area (Å²) in [6.45, 7) is 1.92. The van der Waals surface area contributed by atoms with Gasteiger partial charge in [0.15, 0.2) is 5.82 Å². The predicted octanol–water partition coefficient (Wildman–Crippen LogP) is 4.29. The number of aromatic nitrogens is 3. The Kier molecular flexibility index (Phi) is 3.79. The highest BCUT2D eigenvalue weighted by Gasteiger charge is 2.07. The largest absolute Gasteiger partial charge is 0.437 e. The van der Waals surface area contributed by atoms with Gasteiger partial charge in [-0.3, -0.25) is 4.98 Å². The van der Waals surface area contributed by atoms with E-state index in [0.717, 1.165) is 11.3 Å². The molecule has 0 fully saturated rings. The lowest BCUT2D eigenvalue weighted by Crippen LogP contribution is -1.94. The second kappa shape index (κ2) is 5.89. The van der Waals surface area contributed by atoms with Crippen LogP contribution < -0.4 is 4.74 Å². The SMILES string of the molecule is Cc1ccc(Oc2cc(Cl)nc(-c3ccccc3)n2)cn1. The number of aryl methyl sites for hydroxylation is 1. The zero-order chi connectivity index (χ0) is 14.7. The zero-order valence-electron chi connectivity index (χ0n) is 11.3. The van der Waals surface area contributed by atoms with Gasteiger partial charge in [0.2, 0.25) is 5.88 Å². The maximum absolute atomic E-state index is 6.04. The number of pyridine rings is 1. The van der Waals surface area contributed by atoms with E-state index in [2.05, 4.69) is 15.0 Å². The third kappa shape index (κ3) is 3.35. The highest BCUT2D eigenvalue weighted by molar-refractivity contribution is 6.29. The first-order valence-corrected chi connectivity index (χ1v) is 6.79. The summed E-state index contributed by atoms with van der Waals surface area (Å²) in [6.07, 6.45) is 1.65. The van der Waals surface area contributed by atoms with E-state index in [9.17, 15) is 0 Å². The Balaban J connectivity index is 1.93. The maximum Gasteiger partial charge on any atom is 0.224 e. The predicted molar refractivity (Wildman–Crippen MR) is 81.5 cm³/mol. The fraction of sp³-hybridized carbons (Fsp3) is 0.0625. The van der Waals surface area contributed by atoms with E-state index in [1.807, 2.05) is 49.4 Å². The lowest BCUT2D eigenvalue weighted by molar-refractivity contribution is 0.460. The molecule has 0 N–H and O–H groups in total. The van der Waals surface area contributed by atoms with Crippen LogP contribution in [0.3, 0.4) is 0 Å². The Bertz CT molecular complexity index is 745. The number of rotatable bonds is 3. The van der Waals surface area contributed by atoms with Gasteiger partial charge in [-0.15, -0.1) is 0 Å². The van der Waals surface area contributed by atoms with Gasteiger partial charge in [-0.2, -0.15) is 4.98 Å². The van der Waals surface area contributed by atoms with E-state index in [-0.39, 0.29) is 0 Å². The molecule has 0 saturated carbocycles. The standard InChI is InChI=1S/C16H12ClN3O/c1-11-7-8-13(10-18-11)21-15-9-14(17)19-16(20-15)12-5-3-2-4-6-12/h2-10H,1H3. The molecule has 1 aromatic carbocycles. The highest BCUT2D eigenvalue weighted by Crippen LogP contribution is 2.24. The van der Waals surface area contributed by atoms with Gasteiger partial charge in [-0.1, -0.05) is 41.9 Å². The molecule has 0 amide bonds. The molecule has 0 radical (unpaired) electrons. The lowest BCUT2D eigenvalue weighted by Gasteiger charge is -2.07. The fourth-order valence-electron chi connectivity index (χ4n) is 1.80. The third-order valence-electron chi connectivity index (χ3n) is 2.81. The van der Waals surface area contributed by atoms with Crippen LogP contribution in [0.2, 0.25) is 5.15 Å². The molecule has 0 saturated heterocycles. The second-order valence-corrected chi connectivity index (χ2v) is 4.84. The molecule has 0 spiro atoms. The van der Waals surface area contributed by atoms with Crippen LogP contribution in [0.15, 0.2) is 54.7 Å². The van der Waals surface area contributed by atoms with E-state index in [1.54, 1.807) is 12.3 Å². The number of nitrogens with zero attached hydrogens (tertiary/aromatic N) is 3. The molecule has 3 rings (SSSR count). The molecular formula is C16H12ClN3O. The minimum atomic E-state index is 0.332. The summed E-state index contributed by atoms with van der Waals surface area (Å²) >= 11 is 6.04. The number of ether oxygens (including phenoxy) is 1. The summed E-state index contributed by atoms with van der Waals surface area (Å²) in [5, 5.41) is 0.332. The molecule has 3 aromatic rings. The van der Waals surface area contributed by atoms with Gasteiger partial charge < -0.3 is 4.74 Å². The van der Waals surface area contributed by atoms with Crippen LogP contribution in [0.4, 0.5) is 0 Å². The van der Waals surface area contributed by atoms with Crippen molar-refractivity contribution in [1.82, 2.24) is 15.0 Å². The van der Waals surface area contributed by atoms with Crippen LogP contribution in [0, 0.1) is 6.92 Å². The molecule has 2 heterocycles. The molecule has 21 heavy (non-hydrogen) atoms. The molecule has 0 bridgehead atoms. The van der Waals surface area contributed by atoms with Crippen molar-refractivity contribution in [1.29, 1.82) is 0 Å². The van der Waals surface area contributed by atoms with Crippen LogP contribution in [0.5, 0.6) is 11.6 Å². The molecule has 0 aliphatic heterocycles. The molecule has 0 atom stereocenters. The summed E-state index contributed by atoms with van der Waals surface area (Å²) in [4.78, 5) is 12.8. The number of hydrogen-bond donors (Lipinski definition) is 0. The van der Waals surface area contributed by atoms with Gasteiger partial charge in [-0.05, 0) is 19.1 Å². The molecule has 4 nitrogen and oxygen atoms in total. The van der Waals surface area contributed by atoms with Crippen molar-refractivity contribution in [2.45, 2.75) is 6.92 Å². The Morgan fingerprint density at radius 1 is 1.00 bits per heavy atom. The maximum atomic E-state index is 6.04. The quantitative estimate of drug-likeness (QED) is 0.677. The van der Waals surface area contributed by atoms with Gasteiger partial charge in [0.05, 0.1) is 6.20 Å². The number of halogens is 1. The molecule has 5 heteroatoms. The average Bonchev–Trinajstić information content (AvgIpc) is 2.50. The van der Waals surface area contributed by atoms with Gasteiger partial charge in [0.1, 0.15) is 10.9 Å². The monoisotopic (exact) mass is 297 g/mol.